The SMILES string of the molecule is CCOC(=O)C1CCCN(C(=NC)NCC(OC)c2ccc(F)cc2)C1.I. The molecule has 0 spiro atoms. The first-order valence-electron chi connectivity index (χ1n) is 8.99. The fourth-order valence-electron chi connectivity index (χ4n) is 3.15. The maximum Gasteiger partial charge on any atom is 0.310 e. The number of nitrogens with one attached hydrogen (secondary N) is 1. The molecule has 2 unspecified atom stereocenters. The van der Waals surface area contributed by atoms with Gasteiger partial charge < -0.3 is 19.7 Å². The Balaban J connectivity index is 0.00000364. The summed E-state index contributed by atoms with van der Waals surface area (Å²) in [5, 5.41) is 3.30. The number of benzene rings is 1. The topological polar surface area (TPSA) is 63.2 Å². The van der Waals surface area contributed by atoms with Crippen LogP contribution in [0.4, 0.5) is 4.39 Å². The monoisotopic (exact) mass is 493 g/mol. The minimum Gasteiger partial charge on any atom is -0.466 e. The first-order chi connectivity index (χ1) is 12.6. The number of methoxy groups -OCH3 is 1. The molecule has 1 aliphatic heterocycles. The summed E-state index contributed by atoms with van der Waals surface area (Å²) in [7, 11) is 3.34. The molecule has 0 radical (unpaired) electrons. The average molecular weight is 493 g/mol. The van der Waals surface area contributed by atoms with Gasteiger partial charge in [-0.2, -0.15) is 0 Å². The predicted octanol–water partition coefficient (Wildman–Crippen LogP) is 2.98. The van der Waals surface area contributed by atoms with Gasteiger partial charge in [0.1, 0.15) is 5.82 Å². The van der Waals surface area contributed by atoms with Crippen LogP contribution in [-0.2, 0) is 14.3 Å². The van der Waals surface area contributed by atoms with Crippen molar-refractivity contribution in [1.82, 2.24) is 10.2 Å². The fraction of sp³-hybridized carbons (Fsp3) is 0.579. The zero-order valence-electron chi connectivity index (χ0n) is 16.1. The van der Waals surface area contributed by atoms with Crippen molar-refractivity contribution in [2.75, 3.05) is 40.4 Å². The van der Waals surface area contributed by atoms with E-state index < -0.39 is 0 Å². The van der Waals surface area contributed by atoms with Gasteiger partial charge in [0.05, 0.1) is 18.6 Å². The van der Waals surface area contributed by atoms with Crippen molar-refractivity contribution < 1.29 is 18.7 Å². The van der Waals surface area contributed by atoms with Crippen molar-refractivity contribution in [3.63, 3.8) is 0 Å². The molecule has 1 saturated heterocycles. The van der Waals surface area contributed by atoms with E-state index in [0.29, 0.717) is 19.7 Å². The second-order valence-electron chi connectivity index (χ2n) is 6.24. The van der Waals surface area contributed by atoms with Crippen LogP contribution in [-0.4, -0.2) is 57.2 Å². The lowest BCUT2D eigenvalue weighted by atomic mass is 9.98. The van der Waals surface area contributed by atoms with Crippen LogP contribution >= 0.6 is 24.0 Å². The van der Waals surface area contributed by atoms with Crippen LogP contribution in [0.1, 0.15) is 31.4 Å². The molecule has 2 rings (SSSR count). The minimum atomic E-state index is -0.273. The first kappa shape index (κ1) is 23.6. The Morgan fingerprint density at radius 3 is 2.70 bits per heavy atom. The van der Waals surface area contributed by atoms with Gasteiger partial charge >= 0.3 is 5.97 Å². The van der Waals surface area contributed by atoms with Gasteiger partial charge in [0.25, 0.3) is 0 Å². The summed E-state index contributed by atoms with van der Waals surface area (Å²) < 4.78 is 23.8. The third kappa shape index (κ3) is 6.91. The quantitative estimate of drug-likeness (QED) is 0.286. The van der Waals surface area contributed by atoms with Gasteiger partial charge in [-0.3, -0.25) is 9.79 Å². The minimum absolute atomic E-state index is 0. The number of hydrogen-bond acceptors (Lipinski definition) is 4. The van der Waals surface area contributed by atoms with Gasteiger partial charge in [-0.15, -0.1) is 24.0 Å². The molecule has 6 nitrogen and oxygen atoms in total. The van der Waals surface area contributed by atoms with Gasteiger partial charge in [-0.25, -0.2) is 4.39 Å². The van der Waals surface area contributed by atoms with Gasteiger partial charge in [-0.1, -0.05) is 12.1 Å². The average Bonchev–Trinajstić information content (AvgIpc) is 2.67. The second-order valence-corrected chi connectivity index (χ2v) is 6.24. The summed E-state index contributed by atoms with van der Waals surface area (Å²) in [6.07, 6.45) is 1.52. The summed E-state index contributed by atoms with van der Waals surface area (Å²) in [6, 6.07) is 6.27. The number of rotatable bonds is 6. The summed E-state index contributed by atoms with van der Waals surface area (Å²) >= 11 is 0. The predicted molar refractivity (Wildman–Crippen MR) is 114 cm³/mol. The Hall–Kier alpha value is -1.42. The summed E-state index contributed by atoms with van der Waals surface area (Å²) in [6.45, 7) is 4.14. The Labute approximate surface area is 177 Å². The zero-order valence-corrected chi connectivity index (χ0v) is 18.4. The maximum absolute atomic E-state index is 13.1. The number of guanidine groups is 1. The first-order valence-corrected chi connectivity index (χ1v) is 8.99. The van der Waals surface area contributed by atoms with Crippen molar-refractivity contribution in [1.29, 1.82) is 0 Å². The van der Waals surface area contributed by atoms with E-state index >= 15 is 0 Å². The molecule has 1 aromatic rings. The van der Waals surface area contributed by atoms with Crippen molar-refractivity contribution in [2.45, 2.75) is 25.9 Å². The lowest BCUT2D eigenvalue weighted by Crippen LogP contribution is -2.49. The zero-order chi connectivity index (χ0) is 18.9. The molecule has 8 heteroatoms. The normalized spacial score (nSPS) is 18.4. The van der Waals surface area contributed by atoms with Gasteiger partial charge in [0.2, 0.25) is 0 Å². The molecule has 1 N–H and O–H groups in total. The second kappa shape index (κ2) is 12.1. The van der Waals surface area contributed by atoms with E-state index in [1.807, 2.05) is 6.92 Å². The van der Waals surface area contributed by atoms with Crippen LogP contribution in [0.15, 0.2) is 29.3 Å². The van der Waals surface area contributed by atoms with Crippen LogP contribution in [0.25, 0.3) is 0 Å². The fourth-order valence-corrected chi connectivity index (χ4v) is 3.15. The van der Waals surface area contributed by atoms with E-state index in [1.54, 1.807) is 26.3 Å². The Morgan fingerprint density at radius 1 is 1.41 bits per heavy atom. The highest BCUT2D eigenvalue weighted by molar-refractivity contribution is 14.0. The molecule has 1 heterocycles. The van der Waals surface area contributed by atoms with Crippen LogP contribution in [0.3, 0.4) is 0 Å². The number of carbonyl (C=O) groups is 1. The number of aliphatic imine (C=N–C) groups is 1. The van der Waals surface area contributed by atoms with E-state index in [0.717, 1.165) is 30.9 Å². The van der Waals surface area contributed by atoms with Gasteiger partial charge in [0.15, 0.2) is 5.96 Å². The van der Waals surface area contributed by atoms with Gasteiger partial charge in [-0.05, 0) is 37.5 Å². The van der Waals surface area contributed by atoms with E-state index in [2.05, 4.69) is 15.2 Å². The largest absolute Gasteiger partial charge is 0.466 e. The Morgan fingerprint density at radius 2 is 2.11 bits per heavy atom. The molecule has 1 aromatic carbocycles. The molecule has 0 bridgehead atoms. The molecule has 0 aliphatic carbocycles. The molecule has 152 valence electrons. The molecule has 2 atom stereocenters. The summed E-state index contributed by atoms with van der Waals surface area (Å²) in [4.78, 5) is 18.4. The van der Waals surface area contributed by atoms with E-state index in [-0.39, 0.29) is 47.8 Å². The highest BCUT2D eigenvalue weighted by Gasteiger charge is 2.28. The molecule has 27 heavy (non-hydrogen) atoms. The number of carbonyl (C=O) groups excluding carboxylic acids is 1. The highest BCUT2D eigenvalue weighted by Crippen LogP contribution is 2.19. The summed E-state index contributed by atoms with van der Waals surface area (Å²) in [5.74, 6) is 0.181. The van der Waals surface area contributed by atoms with Crippen LogP contribution < -0.4 is 5.32 Å². The molecule has 1 aliphatic rings. The molecule has 1 fully saturated rings. The molecule has 0 aromatic heterocycles. The van der Waals surface area contributed by atoms with E-state index in [4.69, 9.17) is 9.47 Å². The molecule has 0 saturated carbocycles. The third-order valence-corrected chi connectivity index (χ3v) is 4.52. The number of piperidine rings is 1. The van der Waals surface area contributed by atoms with Gasteiger partial charge in [0, 0.05) is 33.8 Å². The molecule has 0 amide bonds. The van der Waals surface area contributed by atoms with Crippen LogP contribution in [0.5, 0.6) is 0 Å². The smallest absolute Gasteiger partial charge is 0.310 e. The van der Waals surface area contributed by atoms with Crippen molar-refractivity contribution in [3.05, 3.63) is 35.6 Å². The standard InChI is InChI=1S/C19H28FN3O3.HI/c1-4-26-18(24)15-6-5-11-23(13-15)19(21-2)22-12-17(25-3)14-7-9-16(20)10-8-14;/h7-10,15,17H,4-6,11-13H2,1-3H3,(H,21,22);1H. The van der Waals surface area contributed by atoms with Crippen LogP contribution in [0.2, 0.25) is 0 Å². The Bertz CT molecular complexity index is 613. The Kier molecular flexibility index (Phi) is 10.6. The van der Waals surface area contributed by atoms with E-state index in [1.165, 1.54) is 12.1 Å². The van der Waals surface area contributed by atoms with Crippen molar-refractivity contribution >= 4 is 35.9 Å². The maximum atomic E-state index is 13.1. The molecular weight excluding hydrogens is 464 g/mol. The lowest BCUT2D eigenvalue weighted by molar-refractivity contribution is -0.149. The number of likely N-dealkylation sites (tertiary alicyclic amines) is 1. The number of nitrogens with zero attached hydrogens (tertiary/aromatic N) is 2. The van der Waals surface area contributed by atoms with E-state index in [9.17, 15) is 9.18 Å². The molecular formula is C19H29FIN3O3. The summed E-state index contributed by atoms with van der Waals surface area (Å²) in [5.41, 5.74) is 0.889. The number of ether oxygens (including phenoxy) is 2. The van der Waals surface area contributed by atoms with Crippen LogP contribution in [0, 0.1) is 11.7 Å². The third-order valence-electron chi connectivity index (χ3n) is 4.52. The lowest BCUT2D eigenvalue weighted by Gasteiger charge is -2.34. The number of hydrogen-bond donors (Lipinski definition) is 1. The van der Waals surface area contributed by atoms with Crippen molar-refractivity contribution in [3.8, 4) is 0 Å². The highest BCUT2D eigenvalue weighted by atomic mass is 127. The number of esters is 1. The number of halogens is 2. The van der Waals surface area contributed by atoms with Crippen molar-refractivity contribution in [2.24, 2.45) is 10.9 Å².